The topological polar surface area (TPSA) is 88.7 Å². The molecule has 0 saturated carbocycles. The zero-order chi connectivity index (χ0) is 21.5. The zero-order valence-corrected chi connectivity index (χ0v) is 18.3. The number of thioether (sulfide) groups is 1. The summed E-state index contributed by atoms with van der Waals surface area (Å²) in [5, 5.41) is 9.74. The van der Waals surface area contributed by atoms with Crippen molar-refractivity contribution in [2.75, 3.05) is 19.5 Å². The van der Waals surface area contributed by atoms with Gasteiger partial charge in [0, 0.05) is 35.7 Å². The van der Waals surface area contributed by atoms with Gasteiger partial charge in [-0.25, -0.2) is 0 Å². The molecule has 0 spiro atoms. The number of methoxy groups -OCH3 is 2. The van der Waals surface area contributed by atoms with Crippen molar-refractivity contribution in [1.82, 2.24) is 10.6 Å². The number of nitrogens with one attached hydrogen (secondary N) is 3. The first-order valence-electron chi connectivity index (χ1n) is 9.40. The Bertz CT molecular complexity index is 912. The van der Waals surface area contributed by atoms with E-state index in [0.29, 0.717) is 28.0 Å². The molecule has 7 nitrogen and oxygen atoms in total. The first-order valence-corrected chi connectivity index (χ1v) is 10.8. The molecule has 160 valence electrons. The molecule has 3 rings (SSSR count). The third kappa shape index (κ3) is 6.29. The van der Waals surface area contributed by atoms with Crippen LogP contribution in [0.25, 0.3) is 0 Å². The number of halogens is 1. The van der Waals surface area contributed by atoms with Crippen LogP contribution >= 0.6 is 23.4 Å². The summed E-state index contributed by atoms with van der Waals surface area (Å²) in [5.41, 5.74) is 1.34. The third-order valence-electron chi connectivity index (χ3n) is 4.53. The van der Waals surface area contributed by atoms with Gasteiger partial charge in [-0.3, -0.25) is 14.9 Å². The number of anilines is 1. The highest BCUT2D eigenvalue weighted by molar-refractivity contribution is 7.99. The minimum absolute atomic E-state index is 0.0860. The largest absolute Gasteiger partial charge is 0.497 e. The van der Waals surface area contributed by atoms with E-state index in [4.69, 9.17) is 21.1 Å². The molecule has 1 aliphatic heterocycles. The molecule has 9 heteroatoms. The van der Waals surface area contributed by atoms with Crippen LogP contribution in [0.15, 0.2) is 42.5 Å². The Kier molecular flexibility index (Phi) is 7.84. The molecule has 2 unspecified atom stereocenters. The molecule has 0 radical (unpaired) electrons. The fourth-order valence-electron chi connectivity index (χ4n) is 3.10. The molecular formula is C21H24ClN3O4S. The van der Waals surface area contributed by atoms with Crippen LogP contribution in [0.5, 0.6) is 11.5 Å². The number of benzene rings is 2. The highest BCUT2D eigenvalue weighted by Crippen LogP contribution is 2.29. The number of ether oxygens (including phenoxy) is 2. The van der Waals surface area contributed by atoms with E-state index in [1.807, 2.05) is 24.3 Å². The Hall–Kier alpha value is -2.42. The number of hydrogen-bond acceptors (Lipinski definition) is 6. The summed E-state index contributed by atoms with van der Waals surface area (Å²) in [6.45, 7) is 0. The maximum atomic E-state index is 12.5. The molecule has 2 atom stereocenters. The van der Waals surface area contributed by atoms with E-state index in [1.165, 1.54) is 7.11 Å². The van der Waals surface area contributed by atoms with Gasteiger partial charge in [0.25, 0.3) is 0 Å². The van der Waals surface area contributed by atoms with E-state index >= 15 is 0 Å². The van der Waals surface area contributed by atoms with Crippen molar-refractivity contribution in [1.29, 1.82) is 0 Å². The smallest absolute Gasteiger partial charge is 0.226 e. The van der Waals surface area contributed by atoms with Crippen molar-refractivity contribution in [3.05, 3.63) is 53.1 Å². The molecule has 30 heavy (non-hydrogen) atoms. The number of rotatable bonds is 8. The van der Waals surface area contributed by atoms with Gasteiger partial charge in [0.05, 0.1) is 19.9 Å². The first kappa shape index (κ1) is 22.3. The predicted molar refractivity (Wildman–Crippen MR) is 119 cm³/mol. The van der Waals surface area contributed by atoms with E-state index in [-0.39, 0.29) is 36.2 Å². The highest BCUT2D eigenvalue weighted by Gasteiger charge is 2.27. The van der Waals surface area contributed by atoms with Crippen LogP contribution in [-0.4, -0.2) is 37.6 Å². The average molecular weight is 450 g/mol. The van der Waals surface area contributed by atoms with Crippen molar-refractivity contribution < 1.29 is 19.1 Å². The monoisotopic (exact) mass is 449 g/mol. The third-order valence-corrected chi connectivity index (χ3v) is 5.85. The normalized spacial score (nSPS) is 18.4. The number of amides is 2. The van der Waals surface area contributed by atoms with Crippen LogP contribution in [0.1, 0.15) is 18.4 Å². The number of carbonyl (C=O) groups excluding carboxylic acids is 2. The summed E-state index contributed by atoms with van der Waals surface area (Å²) >= 11 is 7.56. The average Bonchev–Trinajstić information content (AvgIpc) is 2.72. The van der Waals surface area contributed by atoms with Crippen LogP contribution in [0.3, 0.4) is 0 Å². The Morgan fingerprint density at radius 3 is 2.80 bits per heavy atom. The van der Waals surface area contributed by atoms with Crippen molar-refractivity contribution >= 4 is 40.9 Å². The van der Waals surface area contributed by atoms with Crippen molar-refractivity contribution in [2.24, 2.45) is 0 Å². The summed E-state index contributed by atoms with van der Waals surface area (Å²) in [5.74, 6) is 1.53. The van der Waals surface area contributed by atoms with Crippen LogP contribution in [-0.2, 0) is 15.3 Å². The van der Waals surface area contributed by atoms with Crippen LogP contribution < -0.4 is 25.4 Å². The second-order valence-corrected chi connectivity index (χ2v) is 8.30. The zero-order valence-electron chi connectivity index (χ0n) is 16.7. The second-order valence-electron chi connectivity index (χ2n) is 6.77. The number of hydrogen-bond donors (Lipinski definition) is 3. The number of carbonyl (C=O) groups is 2. The fourth-order valence-corrected chi connectivity index (χ4v) is 4.35. The minimum Gasteiger partial charge on any atom is -0.497 e. The Balaban J connectivity index is 1.55. The Morgan fingerprint density at radius 2 is 2.07 bits per heavy atom. The lowest BCUT2D eigenvalue weighted by Gasteiger charge is -2.31. The lowest BCUT2D eigenvalue weighted by molar-refractivity contribution is -0.124. The van der Waals surface area contributed by atoms with Gasteiger partial charge in [-0.2, -0.15) is 0 Å². The van der Waals surface area contributed by atoms with E-state index < -0.39 is 0 Å². The second kappa shape index (κ2) is 10.6. The molecule has 0 bridgehead atoms. The molecule has 1 heterocycles. The van der Waals surface area contributed by atoms with Crippen LogP contribution in [0.4, 0.5) is 5.69 Å². The summed E-state index contributed by atoms with van der Waals surface area (Å²) in [6.07, 6.45) is 0.401. The van der Waals surface area contributed by atoms with E-state index in [2.05, 4.69) is 16.0 Å². The lowest BCUT2D eigenvalue weighted by Crippen LogP contribution is -2.55. The SMILES string of the molecule is COc1ccc(NC(=O)CC2CC(=O)NC(SCc3cccc(Cl)c3)N2)c(OC)c1. The van der Waals surface area contributed by atoms with Gasteiger partial charge in [-0.15, -0.1) is 11.8 Å². The molecule has 1 aliphatic rings. The Labute approximate surface area is 184 Å². The molecule has 2 aromatic carbocycles. The molecule has 2 aromatic rings. The van der Waals surface area contributed by atoms with Crippen molar-refractivity contribution in [2.45, 2.75) is 30.1 Å². The van der Waals surface area contributed by atoms with E-state index in [1.54, 1.807) is 37.1 Å². The minimum atomic E-state index is -0.279. The van der Waals surface area contributed by atoms with E-state index in [9.17, 15) is 9.59 Å². The summed E-state index contributed by atoms with van der Waals surface area (Å²) in [7, 11) is 3.09. The highest BCUT2D eigenvalue weighted by atomic mass is 35.5. The van der Waals surface area contributed by atoms with Crippen molar-refractivity contribution in [3.63, 3.8) is 0 Å². The first-order chi connectivity index (χ1) is 14.5. The van der Waals surface area contributed by atoms with Gasteiger partial charge >= 0.3 is 0 Å². The molecule has 1 fully saturated rings. The molecule has 1 saturated heterocycles. The molecular weight excluding hydrogens is 426 g/mol. The van der Waals surface area contributed by atoms with Crippen LogP contribution in [0.2, 0.25) is 5.02 Å². The summed E-state index contributed by atoms with van der Waals surface area (Å²) in [6, 6.07) is 12.5. The standard InChI is InChI=1S/C21H24ClN3O4S/c1-28-16-6-7-17(18(11-16)29-2)24-19(26)9-15-10-20(27)25-21(23-15)30-12-13-4-3-5-14(22)8-13/h3-8,11,15,21,23H,9-10,12H2,1-2H3,(H,24,26)(H,25,27). The Morgan fingerprint density at radius 1 is 1.23 bits per heavy atom. The summed E-state index contributed by atoms with van der Waals surface area (Å²) in [4.78, 5) is 24.7. The van der Waals surface area contributed by atoms with Gasteiger partial charge in [0.15, 0.2) is 0 Å². The molecule has 0 aromatic heterocycles. The van der Waals surface area contributed by atoms with Gasteiger partial charge in [0.1, 0.15) is 17.0 Å². The quantitative estimate of drug-likeness (QED) is 0.572. The molecule has 2 amide bonds. The summed E-state index contributed by atoms with van der Waals surface area (Å²) < 4.78 is 10.5. The van der Waals surface area contributed by atoms with Gasteiger partial charge in [-0.1, -0.05) is 23.7 Å². The fraction of sp³-hybridized carbons (Fsp3) is 0.333. The maximum Gasteiger partial charge on any atom is 0.226 e. The van der Waals surface area contributed by atoms with Gasteiger partial charge < -0.3 is 20.1 Å². The lowest BCUT2D eigenvalue weighted by atomic mass is 10.1. The maximum absolute atomic E-state index is 12.5. The van der Waals surface area contributed by atoms with Crippen LogP contribution in [0, 0.1) is 0 Å². The van der Waals surface area contributed by atoms with Gasteiger partial charge in [0.2, 0.25) is 11.8 Å². The van der Waals surface area contributed by atoms with E-state index in [0.717, 1.165) is 5.56 Å². The predicted octanol–water partition coefficient (Wildman–Crippen LogP) is 3.38. The van der Waals surface area contributed by atoms with Crippen molar-refractivity contribution in [3.8, 4) is 11.5 Å². The molecule has 0 aliphatic carbocycles. The molecule has 3 N–H and O–H groups in total. The van der Waals surface area contributed by atoms with Gasteiger partial charge in [-0.05, 0) is 29.8 Å².